The third kappa shape index (κ3) is 2.46. The number of carbonyl (C=O) groups is 1. The highest BCUT2D eigenvalue weighted by atomic mass is 16.2. The molecule has 0 unspecified atom stereocenters. The second-order valence-corrected chi connectivity index (χ2v) is 4.11. The first-order chi connectivity index (χ1) is 7.65. The molecule has 1 aromatic heterocycles. The van der Waals surface area contributed by atoms with E-state index in [2.05, 4.69) is 15.5 Å². The first-order valence-corrected chi connectivity index (χ1v) is 5.24. The fourth-order valence-electron chi connectivity index (χ4n) is 1.75. The van der Waals surface area contributed by atoms with E-state index in [1.165, 1.54) is 12.1 Å². The second kappa shape index (κ2) is 4.44. The van der Waals surface area contributed by atoms with E-state index in [9.17, 15) is 9.59 Å². The van der Waals surface area contributed by atoms with Crippen LogP contribution in [0.3, 0.4) is 0 Å². The van der Waals surface area contributed by atoms with Crippen molar-refractivity contribution in [2.24, 2.45) is 11.7 Å². The Bertz CT molecular complexity index is 416. The summed E-state index contributed by atoms with van der Waals surface area (Å²) in [7, 11) is 0. The van der Waals surface area contributed by atoms with Crippen molar-refractivity contribution in [1.82, 2.24) is 15.5 Å². The van der Waals surface area contributed by atoms with Gasteiger partial charge in [-0.3, -0.25) is 9.59 Å². The van der Waals surface area contributed by atoms with Gasteiger partial charge in [0.05, 0.1) is 0 Å². The van der Waals surface area contributed by atoms with Crippen LogP contribution >= 0.6 is 0 Å². The predicted molar refractivity (Wildman–Crippen MR) is 57.9 cm³/mol. The zero-order chi connectivity index (χ0) is 11.5. The normalized spacial score (nSPS) is 23.6. The Balaban J connectivity index is 1.83. The van der Waals surface area contributed by atoms with Gasteiger partial charge < -0.3 is 11.1 Å². The van der Waals surface area contributed by atoms with E-state index in [1.54, 1.807) is 0 Å². The SMILES string of the molecule is NC1CC(CNC(=O)c2ccc(=O)[nH]n2)C1. The summed E-state index contributed by atoms with van der Waals surface area (Å²) in [5.74, 6) is 0.207. The number of rotatable bonds is 3. The first kappa shape index (κ1) is 10.8. The molecule has 1 aromatic rings. The predicted octanol–water partition coefficient (Wildman–Crippen LogP) is -0.763. The van der Waals surface area contributed by atoms with Crippen molar-refractivity contribution in [3.05, 3.63) is 28.2 Å². The minimum atomic E-state index is -0.318. The summed E-state index contributed by atoms with van der Waals surface area (Å²) in [5.41, 5.74) is 5.55. The van der Waals surface area contributed by atoms with Gasteiger partial charge in [-0.25, -0.2) is 5.10 Å². The fourth-order valence-corrected chi connectivity index (χ4v) is 1.75. The van der Waals surface area contributed by atoms with Crippen molar-refractivity contribution >= 4 is 5.91 Å². The number of nitrogens with one attached hydrogen (secondary N) is 2. The van der Waals surface area contributed by atoms with Crippen LogP contribution in [-0.2, 0) is 0 Å². The van der Waals surface area contributed by atoms with E-state index < -0.39 is 0 Å². The number of hydrogen-bond donors (Lipinski definition) is 3. The maximum Gasteiger partial charge on any atom is 0.271 e. The summed E-state index contributed by atoms with van der Waals surface area (Å²) in [6.45, 7) is 0.618. The molecule has 1 saturated carbocycles. The zero-order valence-electron chi connectivity index (χ0n) is 8.77. The number of nitrogens with two attached hydrogens (primary N) is 1. The maximum atomic E-state index is 11.6. The van der Waals surface area contributed by atoms with Gasteiger partial charge in [0.15, 0.2) is 0 Å². The lowest BCUT2D eigenvalue weighted by molar-refractivity contribution is 0.0929. The molecule has 1 fully saturated rings. The Hall–Kier alpha value is -1.69. The van der Waals surface area contributed by atoms with Crippen LogP contribution in [0.5, 0.6) is 0 Å². The molecule has 0 radical (unpaired) electrons. The van der Waals surface area contributed by atoms with Crippen molar-refractivity contribution in [3.63, 3.8) is 0 Å². The number of amides is 1. The van der Waals surface area contributed by atoms with Gasteiger partial charge in [-0.05, 0) is 24.8 Å². The number of aromatic amines is 1. The molecule has 0 aromatic carbocycles. The number of H-pyrrole nitrogens is 1. The van der Waals surface area contributed by atoms with E-state index in [-0.39, 0.29) is 23.2 Å². The Morgan fingerprint density at radius 3 is 2.88 bits per heavy atom. The highest BCUT2D eigenvalue weighted by molar-refractivity contribution is 5.91. The van der Waals surface area contributed by atoms with Crippen molar-refractivity contribution in [2.45, 2.75) is 18.9 Å². The highest BCUT2D eigenvalue weighted by Gasteiger charge is 2.26. The smallest absolute Gasteiger partial charge is 0.271 e. The van der Waals surface area contributed by atoms with E-state index in [4.69, 9.17) is 5.73 Å². The lowest BCUT2D eigenvalue weighted by atomic mass is 9.81. The van der Waals surface area contributed by atoms with Crippen molar-refractivity contribution in [2.75, 3.05) is 6.54 Å². The Morgan fingerprint density at radius 1 is 1.56 bits per heavy atom. The molecule has 0 bridgehead atoms. The minimum Gasteiger partial charge on any atom is -0.350 e. The van der Waals surface area contributed by atoms with Crippen LogP contribution in [-0.4, -0.2) is 28.7 Å². The molecule has 0 spiro atoms. The van der Waals surface area contributed by atoms with Gasteiger partial charge in [0.1, 0.15) is 5.69 Å². The third-order valence-corrected chi connectivity index (χ3v) is 2.74. The second-order valence-electron chi connectivity index (χ2n) is 4.11. The molecular formula is C10H14N4O2. The van der Waals surface area contributed by atoms with E-state index in [0.29, 0.717) is 12.5 Å². The Morgan fingerprint density at radius 2 is 2.31 bits per heavy atom. The topological polar surface area (TPSA) is 101 Å². The lowest BCUT2D eigenvalue weighted by Gasteiger charge is -2.32. The fraction of sp³-hybridized carbons (Fsp3) is 0.500. The van der Waals surface area contributed by atoms with Crippen LogP contribution in [0.2, 0.25) is 0 Å². The molecule has 0 aliphatic heterocycles. The molecule has 1 heterocycles. The Labute approximate surface area is 92.2 Å². The Kier molecular flexibility index (Phi) is 3.00. The summed E-state index contributed by atoms with van der Waals surface area (Å²) in [6.07, 6.45) is 1.92. The van der Waals surface area contributed by atoms with E-state index in [1.807, 2.05) is 0 Å². The van der Waals surface area contributed by atoms with Crippen LogP contribution in [0.25, 0.3) is 0 Å². The van der Waals surface area contributed by atoms with Crippen LogP contribution in [0.15, 0.2) is 16.9 Å². The highest BCUT2D eigenvalue weighted by Crippen LogP contribution is 2.24. The van der Waals surface area contributed by atoms with Gasteiger partial charge in [0.2, 0.25) is 0 Å². The summed E-state index contributed by atoms with van der Waals surface area (Å²) < 4.78 is 0. The van der Waals surface area contributed by atoms with Gasteiger partial charge in [0.25, 0.3) is 11.5 Å². The maximum absolute atomic E-state index is 11.6. The van der Waals surface area contributed by atoms with E-state index in [0.717, 1.165) is 12.8 Å². The molecule has 6 nitrogen and oxygen atoms in total. The average molecular weight is 222 g/mol. The van der Waals surface area contributed by atoms with Crippen LogP contribution in [0.4, 0.5) is 0 Å². The van der Waals surface area contributed by atoms with Crippen LogP contribution < -0.4 is 16.6 Å². The molecule has 4 N–H and O–H groups in total. The molecule has 2 rings (SSSR count). The quantitative estimate of drug-likeness (QED) is 0.625. The molecule has 16 heavy (non-hydrogen) atoms. The van der Waals surface area contributed by atoms with E-state index >= 15 is 0 Å². The van der Waals surface area contributed by atoms with Crippen LogP contribution in [0.1, 0.15) is 23.3 Å². The van der Waals surface area contributed by atoms with Gasteiger partial charge in [-0.1, -0.05) is 0 Å². The van der Waals surface area contributed by atoms with Crippen molar-refractivity contribution < 1.29 is 4.79 Å². The number of aromatic nitrogens is 2. The summed E-state index contributed by atoms with van der Waals surface area (Å²) >= 11 is 0. The van der Waals surface area contributed by atoms with Crippen molar-refractivity contribution in [1.29, 1.82) is 0 Å². The molecule has 0 saturated heterocycles. The molecule has 1 amide bonds. The lowest BCUT2D eigenvalue weighted by Crippen LogP contribution is -2.42. The molecule has 0 atom stereocenters. The molecule has 86 valence electrons. The van der Waals surface area contributed by atoms with Crippen molar-refractivity contribution in [3.8, 4) is 0 Å². The standard InChI is InChI=1S/C10H14N4O2/c11-7-3-6(4-7)5-12-10(16)8-1-2-9(15)14-13-8/h1-2,6-7H,3-5,11H2,(H,12,16)(H,14,15). The molecule has 1 aliphatic rings. The summed E-state index contributed by atoms with van der Waals surface area (Å²) in [4.78, 5) is 22.3. The average Bonchev–Trinajstić information content (AvgIpc) is 2.23. The summed E-state index contributed by atoms with van der Waals surface area (Å²) in [5, 5.41) is 8.62. The summed E-state index contributed by atoms with van der Waals surface area (Å²) in [6, 6.07) is 2.97. The monoisotopic (exact) mass is 222 g/mol. The van der Waals surface area contributed by atoms with Crippen LogP contribution in [0, 0.1) is 5.92 Å². The third-order valence-electron chi connectivity index (χ3n) is 2.74. The van der Waals surface area contributed by atoms with Gasteiger partial charge in [-0.2, -0.15) is 5.10 Å². The minimum absolute atomic E-state index is 0.225. The van der Waals surface area contributed by atoms with Gasteiger partial charge in [0, 0.05) is 18.7 Å². The largest absolute Gasteiger partial charge is 0.350 e. The number of carbonyl (C=O) groups excluding carboxylic acids is 1. The first-order valence-electron chi connectivity index (χ1n) is 5.24. The molecular weight excluding hydrogens is 208 g/mol. The molecule has 1 aliphatic carbocycles. The number of nitrogens with zero attached hydrogens (tertiary/aromatic N) is 1. The number of hydrogen-bond acceptors (Lipinski definition) is 4. The van der Waals surface area contributed by atoms with Gasteiger partial charge in [-0.15, -0.1) is 0 Å². The zero-order valence-corrected chi connectivity index (χ0v) is 8.77. The molecule has 6 heteroatoms. The van der Waals surface area contributed by atoms with Gasteiger partial charge >= 0.3 is 0 Å².